The van der Waals surface area contributed by atoms with Crippen LogP contribution in [0.4, 0.5) is 0 Å². The van der Waals surface area contributed by atoms with Crippen molar-refractivity contribution in [2.75, 3.05) is 19.8 Å². The average Bonchev–Trinajstić information content (AvgIpc) is 2.96. The van der Waals surface area contributed by atoms with Gasteiger partial charge in [0.15, 0.2) is 12.6 Å². The third-order valence-electron chi connectivity index (χ3n) is 7.46. The van der Waals surface area contributed by atoms with Crippen LogP contribution in [0.2, 0.25) is 0 Å². The van der Waals surface area contributed by atoms with Crippen molar-refractivity contribution in [1.29, 1.82) is 0 Å². The molecule has 0 aromatic rings. The van der Waals surface area contributed by atoms with Gasteiger partial charge in [0.05, 0.1) is 25.9 Å². The topological polar surface area (TPSA) is 335 Å². The molecule has 0 aliphatic carbocycles. The van der Waals surface area contributed by atoms with Crippen LogP contribution in [0.5, 0.6) is 0 Å². The Morgan fingerprint density at radius 1 is 0.930 bits per heavy atom. The van der Waals surface area contributed by atoms with Crippen molar-refractivity contribution in [1.82, 2.24) is 5.32 Å². The minimum absolute atomic E-state index is 0.673. The SMILES string of the molecule is CC(=O)N[C@@H]1[C@@H](O)[C@H](O[C@@H]2O[C@H](CO[C@]3(C(=O)O)C[C@H](O)[C@@H](O)[C@H]([C@H](O)[C@H](O)CO)O3)[C@H](O)[C@H](O)[C@H]2O)[C@@H](CO)O[C@H]1O. The molecule has 13 N–H and O–H groups in total. The largest absolute Gasteiger partial charge is 0.477 e. The second-order valence-electron chi connectivity index (χ2n) is 10.5. The molecule has 0 aromatic carbocycles. The van der Waals surface area contributed by atoms with Crippen LogP contribution in [-0.4, -0.2) is 191 Å². The Balaban J connectivity index is 1.79. The summed E-state index contributed by atoms with van der Waals surface area (Å²) in [7, 11) is 0. The predicted molar refractivity (Wildman–Crippen MR) is 130 cm³/mol. The molecule has 20 nitrogen and oxygen atoms in total. The average molecular weight is 634 g/mol. The van der Waals surface area contributed by atoms with Crippen LogP contribution in [0.25, 0.3) is 0 Å². The van der Waals surface area contributed by atoms with Gasteiger partial charge >= 0.3 is 5.97 Å². The van der Waals surface area contributed by atoms with Crippen LogP contribution in [0.1, 0.15) is 13.3 Å². The Bertz CT molecular complexity index is 944. The lowest BCUT2D eigenvalue weighted by molar-refractivity contribution is -0.361. The molecule has 3 fully saturated rings. The summed E-state index contributed by atoms with van der Waals surface area (Å²) in [6, 6.07) is -1.46. The van der Waals surface area contributed by atoms with Crippen molar-refractivity contribution in [3.8, 4) is 0 Å². The van der Waals surface area contributed by atoms with E-state index in [0.717, 1.165) is 6.92 Å². The molecule has 0 spiro atoms. The zero-order valence-corrected chi connectivity index (χ0v) is 22.7. The highest BCUT2D eigenvalue weighted by Gasteiger charge is 2.57. The maximum absolute atomic E-state index is 12.2. The molecule has 0 radical (unpaired) electrons. The van der Waals surface area contributed by atoms with E-state index in [9.17, 15) is 65.8 Å². The number of aliphatic hydroxyl groups excluding tert-OH is 11. The predicted octanol–water partition coefficient (Wildman–Crippen LogP) is -8.22. The monoisotopic (exact) mass is 633 g/mol. The first-order valence-electron chi connectivity index (χ1n) is 13.2. The molecule has 16 atom stereocenters. The van der Waals surface area contributed by atoms with Gasteiger partial charge in [0.2, 0.25) is 5.91 Å². The zero-order chi connectivity index (χ0) is 32.4. The van der Waals surface area contributed by atoms with Gasteiger partial charge in [-0.05, 0) is 0 Å². The van der Waals surface area contributed by atoms with E-state index in [2.05, 4.69) is 5.32 Å². The first kappa shape index (κ1) is 35.8. The van der Waals surface area contributed by atoms with Gasteiger partial charge in [-0.15, -0.1) is 0 Å². The lowest BCUT2D eigenvalue weighted by atomic mass is 9.90. The fraction of sp³-hybridized carbons (Fsp3) is 0.913. The van der Waals surface area contributed by atoms with Gasteiger partial charge in [-0.2, -0.15) is 0 Å². The van der Waals surface area contributed by atoms with E-state index in [1.54, 1.807) is 0 Å². The summed E-state index contributed by atoms with van der Waals surface area (Å²) >= 11 is 0. The standard InChI is InChI=1S/C23H39NO19/c1-6(27)24-11-15(33)18(9(4-26)40-20(11)36)42-21-17(35)16(34)14(32)10(41-21)5-39-23(22(37)38)2-7(28)12(30)19(43-23)13(31)8(29)3-25/h7-21,25-26,28-36H,2-5H2,1H3,(H,24,27)(H,37,38)/t7-,8+,9+,10+,11+,12+,13+,14-,15+,16-,17+,18+,19+,20+,21-,23+/m0/s1. The summed E-state index contributed by atoms with van der Waals surface area (Å²) in [5, 5.41) is 124. The third-order valence-corrected chi connectivity index (χ3v) is 7.46. The number of carboxylic acid groups (broad SMARTS) is 1. The van der Waals surface area contributed by atoms with Crippen molar-refractivity contribution < 1.29 is 94.6 Å². The fourth-order valence-electron chi connectivity index (χ4n) is 5.02. The van der Waals surface area contributed by atoms with Gasteiger partial charge in [-0.3, -0.25) is 4.79 Å². The first-order chi connectivity index (χ1) is 20.1. The smallest absolute Gasteiger partial charge is 0.364 e. The lowest BCUT2D eigenvalue weighted by Gasteiger charge is -2.47. The molecule has 0 aromatic heterocycles. The van der Waals surface area contributed by atoms with Crippen LogP contribution in [-0.2, 0) is 33.3 Å². The van der Waals surface area contributed by atoms with Gasteiger partial charge < -0.3 is 90.3 Å². The van der Waals surface area contributed by atoms with Crippen LogP contribution < -0.4 is 5.32 Å². The number of hydrogen-bond acceptors (Lipinski definition) is 18. The van der Waals surface area contributed by atoms with E-state index < -0.39 is 136 Å². The molecule has 3 rings (SSSR count). The highest BCUT2D eigenvalue weighted by molar-refractivity contribution is 5.76. The molecule has 250 valence electrons. The van der Waals surface area contributed by atoms with Gasteiger partial charge in [0.1, 0.15) is 73.2 Å². The number of hydrogen-bond donors (Lipinski definition) is 13. The molecule has 43 heavy (non-hydrogen) atoms. The van der Waals surface area contributed by atoms with Crippen molar-refractivity contribution in [2.24, 2.45) is 0 Å². The number of nitrogens with one attached hydrogen (secondary N) is 1. The molecule has 3 saturated heterocycles. The Morgan fingerprint density at radius 2 is 1.58 bits per heavy atom. The highest BCUT2D eigenvalue weighted by atomic mass is 16.8. The minimum Gasteiger partial charge on any atom is -0.477 e. The Hall–Kier alpha value is -1.70. The number of aliphatic hydroxyl groups is 11. The molecular formula is C23H39NO19. The van der Waals surface area contributed by atoms with Crippen molar-refractivity contribution >= 4 is 11.9 Å². The van der Waals surface area contributed by atoms with Crippen LogP contribution in [0, 0.1) is 0 Å². The number of carboxylic acids is 1. The molecular weight excluding hydrogens is 594 g/mol. The number of rotatable bonds is 11. The van der Waals surface area contributed by atoms with Crippen LogP contribution >= 0.6 is 0 Å². The quantitative estimate of drug-likeness (QED) is 0.100. The maximum atomic E-state index is 12.2. The number of carbonyl (C=O) groups is 2. The molecule has 3 heterocycles. The third kappa shape index (κ3) is 7.58. The van der Waals surface area contributed by atoms with Gasteiger partial charge in [-0.1, -0.05) is 0 Å². The van der Waals surface area contributed by atoms with E-state index in [1.165, 1.54) is 0 Å². The Labute approximate surface area is 243 Å². The second-order valence-corrected chi connectivity index (χ2v) is 10.5. The molecule has 3 aliphatic heterocycles. The lowest BCUT2D eigenvalue weighted by Crippen LogP contribution is -2.67. The van der Waals surface area contributed by atoms with E-state index in [0.29, 0.717) is 0 Å². The van der Waals surface area contributed by atoms with Crippen LogP contribution in [0.15, 0.2) is 0 Å². The normalized spacial score (nSPS) is 45.3. The van der Waals surface area contributed by atoms with E-state index >= 15 is 0 Å². The molecule has 0 unspecified atom stereocenters. The second kappa shape index (κ2) is 14.6. The van der Waals surface area contributed by atoms with E-state index in [1.807, 2.05) is 0 Å². The van der Waals surface area contributed by atoms with E-state index in [4.69, 9.17) is 28.8 Å². The summed E-state index contributed by atoms with van der Waals surface area (Å²) in [6.45, 7) is -1.74. The Kier molecular flexibility index (Phi) is 12.1. The van der Waals surface area contributed by atoms with Crippen molar-refractivity contribution in [2.45, 2.75) is 111 Å². The maximum Gasteiger partial charge on any atom is 0.364 e. The number of carbonyl (C=O) groups excluding carboxylic acids is 1. The summed E-state index contributed by atoms with van der Waals surface area (Å²) in [6.07, 6.45) is -27.0. The minimum atomic E-state index is -2.84. The van der Waals surface area contributed by atoms with Crippen molar-refractivity contribution in [3.63, 3.8) is 0 Å². The number of amides is 1. The van der Waals surface area contributed by atoms with Gasteiger partial charge in [0, 0.05) is 13.3 Å². The van der Waals surface area contributed by atoms with E-state index in [-0.39, 0.29) is 0 Å². The van der Waals surface area contributed by atoms with Crippen molar-refractivity contribution in [3.05, 3.63) is 0 Å². The zero-order valence-electron chi connectivity index (χ0n) is 22.7. The Morgan fingerprint density at radius 3 is 2.14 bits per heavy atom. The molecule has 3 aliphatic rings. The summed E-state index contributed by atoms with van der Waals surface area (Å²) in [4.78, 5) is 23.7. The summed E-state index contributed by atoms with van der Waals surface area (Å²) in [5.74, 6) is -5.39. The van der Waals surface area contributed by atoms with Gasteiger partial charge in [-0.25, -0.2) is 4.79 Å². The van der Waals surface area contributed by atoms with Gasteiger partial charge in [0.25, 0.3) is 5.79 Å². The number of aliphatic carboxylic acids is 1. The van der Waals surface area contributed by atoms with Crippen LogP contribution in [0.3, 0.4) is 0 Å². The molecule has 0 bridgehead atoms. The fourth-order valence-corrected chi connectivity index (χ4v) is 5.02. The first-order valence-corrected chi connectivity index (χ1v) is 13.2. The summed E-state index contributed by atoms with van der Waals surface area (Å²) in [5.41, 5.74) is 0. The molecule has 20 heteroatoms. The summed E-state index contributed by atoms with van der Waals surface area (Å²) < 4.78 is 26.8. The molecule has 0 saturated carbocycles. The number of ether oxygens (including phenoxy) is 5. The highest BCUT2D eigenvalue weighted by Crippen LogP contribution is 2.35. The molecule has 1 amide bonds.